The van der Waals surface area contributed by atoms with Gasteiger partial charge in [-0.1, -0.05) is 38.1 Å². The summed E-state index contributed by atoms with van der Waals surface area (Å²) in [5, 5.41) is 4.77. The van der Waals surface area contributed by atoms with Gasteiger partial charge in [-0.05, 0) is 23.6 Å². The molecule has 24 heavy (non-hydrogen) atoms. The van der Waals surface area contributed by atoms with Crippen molar-refractivity contribution in [2.45, 2.75) is 26.3 Å². The van der Waals surface area contributed by atoms with Crippen LogP contribution in [0, 0.1) is 0 Å². The fraction of sp³-hybridized carbons (Fsp3) is 0.263. The SMILES string of the molecule is COc1ccc(-n2nc(C(C)C)cc2-c2ccc(CN)cc2)cn1. The molecule has 0 radical (unpaired) electrons. The van der Waals surface area contributed by atoms with Gasteiger partial charge in [0.2, 0.25) is 5.88 Å². The summed E-state index contributed by atoms with van der Waals surface area (Å²) in [4.78, 5) is 4.29. The van der Waals surface area contributed by atoms with Crippen molar-refractivity contribution in [3.8, 4) is 22.8 Å². The van der Waals surface area contributed by atoms with E-state index in [1.54, 1.807) is 13.3 Å². The minimum absolute atomic E-state index is 0.347. The summed E-state index contributed by atoms with van der Waals surface area (Å²) in [7, 11) is 1.61. The van der Waals surface area contributed by atoms with Crippen LogP contribution >= 0.6 is 0 Å². The second-order valence-electron chi connectivity index (χ2n) is 5.98. The van der Waals surface area contributed by atoms with Gasteiger partial charge in [-0.2, -0.15) is 5.10 Å². The largest absolute Gasteiger partial charge is 0.481 e. The number of benzene rings is 1. The first-order valence-corrected chi connectivity index (χ1v) is 8.02. The first-order valence-electron chi connectivity index (χ1n) is 8.02. The number of hydrogen-bond acceptors (Lipinski definition) is 4. The lowest BCUT2D eigenvalue weighted by Crippen LogP contribution is -2.01. The smallest absolute Gasteiger partial charge is 0.213 e. The third-order valence-corrected chi connectivity index (χ3v) is 3.98. The molecule has 3 rings (SSSR count). The first kappa shape index (κ1) is 16.2. The Kier molecular flexibility index (Phi) is 4.62. The van der Waals surface area contributed by atoms with E-state index in [2.05, 4.69) is 37.0 Å². The van der Waals surface area contributed by atoms with Crippen LogP contribution < -0.4 is 10.5 Å². The summed E-state index contributed by atoms with van der Waals surface area (Å²) in [6.07, 6.45) is 1.77. The Balaban J connectivity index is 2.09. The molecule has 3 aromatic rings. The van der Waals surface area contributed by atoms with Gasteiger partial charge in [0.25, 0.3) is 0 Å². The highest BCUT2D eigenvalue weighted by molar-refractivity contribution is 5.63. The third kappa shape index (κ3) is 3.16. The average molecular weight is 322 g/mol. The second-order valence-corrected chi connectivity index (χ2v) is 5.98. The topological polar surface area (TPSA) is 66.0 Å². The maximum Gasteiger partial charge on any atom is 0.213 e. The predicted molar refractivity (Wildman–Crippen MR) is 95.3 cm³/mol. The molecule has 1 aromatic carbocycles. The Morgan fingerprint density at radius 3 is 2.42 bits per heavy atom. The summed E-state index contributed by atoms with van der Waals surface area (Å²) in [5.74, 6) is 0.934. The van der Waals surface area contributed by atoms with E-state index in [9.17, 15) is 0 Å². The molecule has 0 aliphatic carbocycles. The number of nitrogens with zero attached hydrogens (tertiary/aromatic N) is 3. The van der Waals surface area contributed by atoms with Crippen molar-refractivity contribution in [2.75, 3.05) is 7.11 Å². The summed E-state index contributed by atoms with van der Waals surface area (Å²) >= 11 is 0. The quantitative estimate of drug-likeness (QED) is 0.780. The van der Waals surface area contributed by atoms with Crippen LogP contribution in [0.15, 0.2) is 48.7 Å². The van der Waals surface area contributed by atoms with Gasteiger partial charge >= 0.3 is 0 Å². The number of nitrogens with two attached hydrogens (primary N) is 1. The van der Waals surface area contributed by atoms with Crippen molar-refractivity contribution < 1.29 is 4.74 Å². The molecule has 0 saturated heterocycles. The van der Waals surface area contributed by atoms with Crippen molar-refractivity contribution in [1.82, 2.24) is 14.8 Å². The van der Waals surface area contributed by atoms with Crippen LogP contribution in [0.2, 0.25) is 0 Å². The van der Waals surface area contributed by atoms with E-state index < -0.39 is 0 Å². The molecule has 0 saturated carbocycles. The number of methoxy groups -OCH3 is 1. The zero-order valence-electron chi connectivity index (χ0n) is 14.2. The number of aromatic nitrogens is 3. The van der Waals surface area contributed by atoms with Crippen LogP contribution in [0.3, 0.4) is 0 Å². The highest BCUT2D eigenvalue weighted by atomic mass is 16.5. The third-order valence-electron chi connectivity index (χ3n) is 3.98. The Morgan fingerprint density at radius 1 is 1.12 bits per heavy atom. The van der Waals surface area contributed by atoms with Gasteiger partial charge in [-0.3, -0.25) is 0 Å². The van der Waals surface area contributed by atoms with E-state index in [-0.39, 0.29) is 0 Å². The standard InChI is InChI=1S/C19H22N4O/c1-13(2)17-10-18(15-6-4-14(11-20)5-7-15)23(22-17)16-8-9-19(24-3)21-12-16/h4-10,12-13H,11,20H2,1-3H3. The Bertz CT molecular complexity index is 739. The van der Waals surface area contributed by atoms with E-state index >= 15 is 0 Å². The maximum atomic E-state index is 5.69. The molecule has 2 heterocycles. The molecule has 5 heteroatoms. The van der Waals surface area contributed by atoms with E-state index in [4.69, 9.17) is 15.6 Å². The van der Waals surface area contributed by atoms with E-state index in [0.717, 1.165) is 28.2 Å². The number of rotatable bonds is 5. The highest BCUT2D eigenvalue weighted by Crippen LogP contribution is 2.27. The Hall–Kier alpha value is -2.66. The summed E-state index contributed by atoms with van der Waals surface area (Å²) in [6, 6.07) is 14.2. The molecule has 0 spiro atoms. The summed E-state index contributed by atoms with van der Waals surface area (Å²) < 4.78 is 7.07. The normalized spacial score (nSPS) is 11.0. The summed E-state index contributed by atoms with van der Waals surface area (Å²) in [6.45, 7) is 4.82. The molecule has 0 unspecified atom stereocenters. The Morgan fingerprint density at radius 2 is 1.88 bits per heavy atom. The molecule has 2 N–H and O–H groups in total. The molecule has 0 fully saturated rings. The lowest BCUT2D eigenvalue weighted by molar-refractivity contribution is 0.397. The molecule has 0 aliphatic rings. The molecular formula is C19H22N4O. The van der Waals surface area contributed by atoms with E-state index in [1.165, 1.54) is 0 Å². The molecule has 0 bridgehead atoms. The second kappa shape index (κ2) is 6.84. The summed E-state index contributed by atoms with van der Waals surface area (Å²) in [5.41, 5.74) is 10.9. The molecule has 124 valence electrons. The minimum Gasteiger partial charge on any atom is -0.481 e. The molecule has 2 aromatic heterocycles. The maximum absolute atomic E-state index is 5.69. The first-order chi connectivity index (χ1) is 11.6. The van der Waals surface area contributed by atoms with Gasteiger partial charge in [0.05, 0.1) is 30.4 Å². The molecular weight excluding hydrogens is 300 g/mol. The van der Waals surface area contributed by atoms with Crippen molar-refractivity contribution in [3.63, 3.8) is 0 Å². The zero-order valence-corrected chi connectivity index (χ0v) is 14.2. The average Bonchev–Trinajstić information content (AvgIpc) is 3.07. The number of hydrogen-bond donors (Lipinski definition) is 1. The van der Waals surface area contributed by atoms with Crippen molar-refractivity contribution in [1.29, 1.82) is 0 Å². The van der Waals surface area contributed by atoms with Crippen LogP contribution in [-0.4, -0.2) is 21.9 Å². The highest BCUT2D eigenvalue weighted by Gasteiger charge is 2.14. The van der Waals surface area contributed by atoms with Crippen LogP contribution in [0.1, 0.15) is 31.0 Å². The van der Waals surface area contributed by atoms with Gasteiger partial charge in [0.15, 0.2) is 0 Å². The fourth-order valence-corrected chi connectivity index (χ4v) is 2.51. The van der Waals surface area contributed by atoms with Crippen molar-refractivity contribution >= 4 is 0 Å². The van der Waals surface area contributed by atoms with Crippen molar-refractivity contribution in [3.05, 3.63) is 59.9 Å². The van der Waals surface area contributed by atoms with E-state index in [0.29, 0.717) is 18.3 Å². The van der Waals surface area contributed by atoms with Crippen molar-refractivity contribution in [2.24, 2.45) is 5.73 Å². The minimum atomic E-state index is 0.347. The number of ether oxygens (including phenoxy) is 1. The predicted octanol–water partition coefficient (Wildman–Crippen LogP) is 3.53. The van der Waals surface area contributed by atoms with Gasteiger partial charge < -0.3 is 10.5 Å². The van der Waals surface area contributed by atoms with Crippen LogP contribution in [-0.2, 0) is 6.54 Å². The van der Waals surface area contributed by atoms with Crippen LogP contribution in [0.5, 0.6) is 5.88 Å². The van der Waals surface area contributed by atoms with Crippen LogP contribution in [0.25, 0.3) is 16.9 Å². The molecule has 0 amide bonds. The monoisotopic (exact) mass is 322 g/mol. The lowest BCUT2D eigenvalue weighted by atomic mass is 10.1. The molecule has 0 atom stereocenters. The molecule has 0 aliphatic heterocycles. The van der Waals surface area contributed by atoms with Gasteiger partial charge in [-0.15, -0.1) is 0 Å². The zero-order chi connectivity index (χ0) is 17.1. The Labute approximate surface area is 142 Å². The molecule has 5 nitrogen and oxygen atoms in total. The van der Waals surface area contributed by atoms with Gasteiger partial charge in [-0.25, -0.2) is 9.67 Å². The van der Waals surface area contributed by atoms with Gasteiger partial charge in [0.1, 0.15) is 0 Å². The van der Waals surface area contributed by atoms with Gasteiger partial charge in [0, 0.05) is 18.2 Å². The van der Waals surface area contributed by atoms with Crippen LogP contribution in [0.4, 0.5) is 0 Å². The fourth-order valence-electron chi connectivity index (χ4n) is 2.51. The van der Waals surface area contributed by atoms with E-state index in [1.807, 2.05) is 28.9 Å². The number of pyridine rings is 1. The lowest BCUT2D eigenvalue weighted by Gasteiger charge is -2.08.